The van der Waals surface area contributed by atoms with Crippen LogP contribution in [0, 0.1) is 0 Å². The molecule has 0 spiro atoms. The van der Waals surface area contributed by atoms with Crippen LogP contribution in [-0.2, 0) is 22.6 Å². The van der Waals surface area contributed by atoms with E-state index in [1.165, 1.54) is 19.2 Å². The average molecular weight is 426 g/mol. The average Bonchev–Trinajstić information content (AvgIpc) is 3.09. The molecule has 0 unspecified atom stereocenters. The van der Waals surface area contributed by atoms with Gasteiger partial charge < -0.3 is 23.9 Å². The molecule has 6 nitrogen and oxygen atoms in total. The number of alkyl halides is 2. The second kappa shape index (κ2) is 9.00. The summed E-state index contributed by atoms with van der Waals surface area (Å²) in [6.45, 7) is -3.14. The first-order chi connectivity index (χ1) is 13.9. The van der Waals surface area contributed by atoms with Crippen LogP contribution in [0.25, 0.3) is 10.9 Å². The summed E-state index contributed by atoms with van der Waals surface area (Å²) in [5.74, 6) is -0.0316. The molecule has 0 saturated carbocycles. The number of H-pyrrole nitrogens is 1. The second-order valence-corrected chi connectivity index (χ2v) is 6.46. The summed E-state index contributed by atoms with van der Waals surface area (Å²) in [7, 11) is 2.86. The van der Waals surface area contributed by atoms with Gasteiger partial charge in [0, 0.05) is 17.1 Å². The number of benzene rings is 2. The molecule has 3 rings (SSSR count). The van der Waals surface area contributed by atoms with Crippen LogP contribution >= 0.6 is 11.6 Å². The molecule has 0 aliphatic rings. The zero-order valence-corrected chi connectivity index (χ0v) is 16.4. The normalized spacial score (nSPS) is 11.0. The molecular formula is C20H18ClF2NO5. The number of esters is 1. The number of aromatic nitrogens is 1. The van der Waals surface area contributed by atoms with Crippen molar-refractivity contribution in [2.24, 2.45) is 0 Å². The Morgan fingerprint density at radius 1 is 1.17 bits per heavy atom. The van der Waals surface area contributed by atoms with Gasteiger partial charge in [0.25, 0.3) is 0 Å². The minimum Gasteiger partial charge on any atom is -0.497 e. The molecule has 0 bridgehead atoms. The number of aromatic amines is 1. The van der Waals surface area contributed by atoms with Crippen molar-refractivity contribution in [2.45, 2.75) is 19.6 Å². The van der Waals surface area contributed by atoms with Gasteiger partial charge in [-0.05, 0) is 41.5 Å². The number of nitrogens with one attached hydrogen (secondary N) is 1. The molecule has 3 aromatic rings. The maximum atomic E-state index is 12.5. The van der Waals surface area contributed by atoms with Gasteiger partial charge in [-0.15, -0.1) is 0 Å². The molecule has 0 fully saturated rings. The van der Waals surface area contributed by atoms with Gasteiger partial charge in [0.05, 0.1) is 25.7 Å². The van der Waals surface area contributed by atoms with E-state index in [2.05, 4.69) is 9.72 Å². The molecular weight excluding hydrogens is 408 g/mol. The van der Waals surface area contributed by atoms with Crippen molar-refractivity contribution in [1.82, 2.24) is 4.98 Å². The number of hydrogen-bond donors (Lipinski definition) is 1. The smallest absolute Gasteiger partial charge is 0.387 e. The van der Waals surface area contributed by atoms with Crippen molar-refractivity contribution in [3.05, 3.63) is 52.7 Å². The van der Waals surface area contributed by atoms with Gasteiger partial charge in [0.15, 0.2) is 11.5 Å². The molecule has 0 amide bonds. The maximum absolute atomic E-state index is 12.5. The van der Waals surface area contributed by atoms with Crippen LogP contribution in [0.5, 0.6) is 17.2 Å². The Bertz CT molecular complexity index is 1020. The van der Waals surface area contributed by atoms with Gasteiger partial charge in [-0.2, -0.15) is 8.78 Å². The lowest BCUT2D eigenvalue weighted by Crippen LogP contribution is -2.08. The number of carbonyl (C=O) groups is 1. The van der Waals surface area contributed by atoms with E-state index in [0.29, 0.717) is 11.3 Å². The van der Waals surface area contributed by atoms with Crippen LogP contribution in [0.4, 0.5) is 8.78 Å². The van der Waals surface area contributed by atoms with Gasteiger partial charge >= 0.3 is 12.6 Å². The quantitative estimate of drug-likeness (QED) is 0.528. The van der Waals surface area contributed by atoms with Gasteiger partial charge in [-0.25, -0.2) is 0 Å². The fourth-order valence-corrected chi connectivity index (χ4v) is 3.14. The Kier molecular flexibility index (Phi) is 6.43. The molecule has 154 valence electrons. The van der Waals surface area contributed by atoms with Crippen molar-refractivity contribution < 1.29 is 32.5 Å². The summed E-state index contributed by atoms with van der Waals surface area (Å²) < 4.78 is 44.9. The fraction of sp³-hybridized carbons (Fsp3) is 0.250. The predicted octanol–water partition coefficient (Wildman–Crippen LogP) is 4.73. The van der Waals surface area contributed by atoms with Crippen LogP contribution in [0.2, 0.25) is 5.02 Å². The maximum Gasteiger partial charge on any atom is 0.387 e. The Hall–Kier alpha value is -3.00. The lowest BCUT2D eigenvalue weighted by atomic mass is 10.1. The second-order valence-electron chi connectivity index (χ2n) is 6.05. The number of hydrogen-bond acceptors (Lipinski definition) is 5. The summed E-state index contributed by atoms with van der Waals surface area (Å²) in [5.41, 5.74) is 2.11. The molecule has 0 radical (unpaired) electrons. The molecule has 9 heteroatoms. The van der Waals surface area contributed by atoms with E-state index >= 15 is 0 Å². The summed E-state index contributed by atoms with van der Waals surface area (Å²) in [5, 5.41) is 0.791. The van der Waals surface area contributed by atoms with Crippen molar-refractivity contribution in [2.75, 3.05) is 14.2 Å². The number of rotatable bonds is 8. The molecule has 2 aromatic carbocycles. The molecule has 0 atom stereocenters. The van der Waals surface area contributed by atoms with Gasteiger partial charge in [0.1, 0.15) is 12.4 Å². The highest BCUT2D eigenvalue weighted by atomic mass is 35.5. The lowest BCUT2D eigenvalue weighted by Gasteiger charge is -2.13. The molecule has 1 aromatic heterocycles. The lowest BCUT2D eigenvalue weighted by molar-refractivity contribution is -0.144. The standard InChI is InChI=1S/C20H18ClF2NO5/c1-26-13-3-4-16-14(8-13)12(9-24-16)7-18(25)28-10-11-5-15(21)19(29-20(22)23)17(6-11)27-2/h3-6,8-9,20,24H,7,10H2,1-2H3. The zero-order valence-electron chi connectivity index (χ0n) is 15.6. The minimum atomic E-state index is -3.04. The molecule has 0 saturated heterocycles. The van der Waals surface area contributed by atoms with Crippen molar-refractivity contribution >= 4 is 28.5 Å². The molecule has 1 N–H and O–H groups in total. The largest absolute Gasteiger partial charge is 0.497 e. The third-order valence-electron chi connectivity index (χ3n) is 4.21. The molecule has 0 aliphatic carbocycles. The van der Waals surface area contributed by atoms with E-state index in [9.17, 15) is 13.6 Å². The number of halogens is 3. The van der Waals surface area contributed by atoms with E-state index in [1.807, 2.05) is 18.2 Å². The van der Waals surface area contributed by atoms with Crippen LogP contribution < -0.4 is 14.2 Å². The number of methoxy groups -OCH3 is 2. The van der Waals surface area contributed by atoms with Gasteiger partial charge in [-0.3, -0.25) is 4.79 Å². The monoisotopic (exact) mass is 425 g/mol. The fourth-order valence-electron chi connectivity index (χ4n) is 2.86. The molecule has 0 aliphatic heterocycles. The Morgan fingerprint density at radius 2 is 1.97 bits per heavy atom. The van der Waals surface area contributed by atoms with E-state index in [-0.39, 0.29) is 29.5 Å². The van der Waals surface area contributed by atoms with E-state index < -0.39 is 12.6 Å². The van der Waals surface area contributed by atoms with Crippen molar-refractivity contribution in [3.63, 3.8) is 0 Å². The van der Waals surface area contributed by atoms with Gasteiger partial charge in [-0.1, -0.05) is 11.6 Å². The third-order valence-corrected chi connectivity index (χ3v) is 4.49. The van der Waals surface area contributed by atoms with E-state index in [0.717, 1.165) is 16.5 Å². The summed E-state index contributed by atoms with van der Waals surface area (Å²) in [4.78, 5) is 15.4. The number of ether oxygens (including phenoxy) is 4. The topological polar surface area (TPSA) is 69.8 Å². The minimum absolute atomic E-state index is 0.0209. The summed E-state index contributed by atoms with van der Waals surface area (Å²) in [6, 6.07) is 8.32. The van der Waals surface area contributed by atoms with E-state index in [4.69, 9.17) is 25.8 Å². The van der Waals surface area contributed by atoms with Gasteiger partial charge in [0.2, 0.25) is 0 Å². The number of carbonyl (C=O) groups excluding carboxylic acids is 1. The Morgan fingerprint density at radius 3 is 2.66 bits per heavy atom. The third kappa shape index (κ3) is 4.89. The van der Waals surface area contributed by atoms with E-state index in [1.54, 1.807) is 13.3 Å². The zero-order chi connectivity index (χ0) is 21.0. The van der Waals surface area contributed by atoms with Crippen LogP contribution in [0.15, 0.2) is 36.5 Å². The molecule has 1 heterocycles. The Labute approximate surface area is 170 Å². The van der Waals surface area contributed by atoms with Crippen LogP contribution in [0.3, 0.4) is 0 Å². The molecule has 29 heavy (non-hydrogen) atoms. The number of fused-ring (bicyclic) bond motifs is 1. The van der Waals surface area contributed by atoms with Crippen LogP contribution in [0.1, 0.15) is 11.1 Å². The van der Waals surface area contributed by atoms with Crippen molar-refractivity contribution in [1.29, 1.82) is 0 Å². The first-order valence-electron chi connectivity index (χ1n) is 8.52. The highest BCUT2D eigenvalue weighted by Gasteiger charge is 2.17. The van der Waals surface area contributed by atoms with Crippen LogP contribution in [-0.4, -0.2) is 31.8 Å². The van der Waals surface area contributed by atoms with Crippen molar-refractivity contribution in [3.8, 4) is 17.2 Å². The predicted molar refractivity (Wildman–Crippen MR) is 103 cm³/mol. The Balaban J connectivity index is 1.69. The SMILES string of the molecule is COc1ccc2[nH]cc(CC(=O)OCc3cc(Cl)c(OC(F)F)c(OC)c3)c2c1. The first-order valence-corrected chi connectivity index (χ1v) is 8.90. The summed E-state index contributed by atoms with van der Waals surface area (Å²) in [6.07, 6.45) is 1.78. The highest BCUT2D eigenvalue weighted by molar-refractivity contribution is 6.32. The summed E-state index contributed by atoms with van der Waals surface area (Å²) >= 11 is 5.99. The highest BCUT2D eigenvalue weighted by Crippen LogP contribution is 2.37. The first kappa shape index (κ1) is 20.7.